The predicted octanol–water partition coefficient (Wildman–Crippen LogP) is 3.27. The molecule has 31 heavy (non-hydrogen) atoms. The normalized spacial score (nSPS) is 23.6. The van der Waals surface area contributed by atoms with E-state index < -0.39 is 41.2 Å². The van der Waals surface area contributed by atoms with Crippen molar-refractivity contribution in [2.24, 2.45) is 10.7 Å². The van der Waals surface area contributed by atoms with Gasteiger partial charge < -0.3 is 15.8 Å². The fourth-order valence-corrected chi connectivity index (χ4v) is 3.20. The van der Waals surface area contributed by atoms with Crippen molar-refractivity contribution in [3.63, 3.8) is 0 Å². The first-order valence-electron chi connectivity index (χ1n) is 9.00. The molecular weight excluding hydrogens is 418 g/mol. The number of nitrogens with two attached hydrogens (primary N) is 1. The molecule has 0 saturated heterocycles. The second-order valence-electron chi connectivity index (χ2n) is 7.08. The molecule has 1 aromatic carbocycles. The Labute approximate surface area is 174 Å². The number of nitrogens with zero attached hydrogens (tertiary/aromatic N) is 3. The first kappa shape index (κ1) is 22.2. The van der Waals surface area contributed by atoms with Crippen LogP contribution >= 0.6 is 0 Å². The van der Waals surface area contributed by atoms with Crippen LogP contribution in [-0.2, 0) is 10.3 Å². The van der Waals surface area contributed by atoms with Gasteiger partial charge in [0.15, 0.2) is 6.10 Å². The smallest absolute Gasteiger partial charge is 0.385 e. The van der Waals surface area contributed by atoms with Gasteiger partial charge in [-0.25, -0.2) is 9.37 Å². The number of anilines is 1. The molecule has 0 aliphatic carbocycles. The number of hydrogen-bond acceptors (Lipinski definition) is 6. The minimum Gasteiger partial charge on any atom is -0.385 e. The van der Waals surface area contributed by atoms with Gasteiger partial charge in [-0.05, 0) is 44.2 Å². The molecule has 0 saturated carbocycles. The van der Waals surface area contributed by atoms with Crippen LogP contribution in [0, 0.1) is 17.1 Å². The molecule has 0 radical (unpaired) electrons. The van der Waals surface area contributed by atoms with E-state index in [1.807, 2.05) is 6.07 Å². The molecule has 0 fully saturated rings. The summed E-state index contributed by atoms with van der Waals surface area (Å²) < 4.78 is 60.7. The lowest BCUT2D eigenvalue weighted by Gasteiger charge is -2.41. The Balaban J connectivity index is 1.99. The third-order valence-corrected chi connectivity index (χ3v) is 4.82. The third-order valence-electron chi connectivity index (χ3n) is 4.82. The maximum atomic E-state index is 14.6. The van der Waals surface area contributed by atoms with Crippen LogP contribution in [0.25, 0.3) is 0 Å². The van der Waals surface area contributed by atoms with Gasteiger partial charge >= 0.3 is 6.18 Å². The monoisotopic (exact) mass is 435 g/mol. The van der Waals surface area contributed by atoms with Crippen molar-refractivity contribution in [2.45, 2.75) is 37.8 Å². The molecule has 162 valence electrons. The van der Waals surface area contributed by atoms with Crippen LogP contribution in [0.5, 0.6) is 0 Å². The number of rotatable bonds is 3. The van der Waals surface area contributed by atoms with Crippen LogP contribution in [0.2, 0.25) is 0 Å². The molecule has 1 aromatic heterocycles. The summed E-state index contributed by atoms with van der Waals surface area (Å²) in [5.41, 5.74) is 3.25. The molecule has 0 unspecified atom stereocenters. The molecule has 7 nitrogen and oxygen atoms in total. The van der Waals surface area contributed by atoms with E-state index in [2.05, 4.69) is 15.3 Å². The highest BCUT2D eigenvalue weighted by molar-refractivity contribution is 6.02. The highest BCUT2D eigenvalue weighted by atomic mass is 19.4. The standard InChI is InChI=1S/C20H17F4N5O2/c1-10-16(26)29-19(2,18(31-10)20(22,23)24)13-7-12(4-5-14(13)21)28-17(30)15-6-3-11(8-25)9-27-15/h3-7,9-10,18H,1-2H3,(H2,26,29)(H,28,30)/t10-,18-,19-/m1/s1. The Morgan fingerprint density at radius 3 is 2.61 bits per heavy atom. The molecule has 3 atom stereocenters. The van der Waals surface area contributed by atoms with Gasteiger partial charge in [-0.2, -0.15) is 18.4 Å². The van der Waals surface area contributed by atoms with Crippen LogP contribution < -0.4 is 11.1 Å². The van der Waals surface area contributed by atoms with Gasteiger partial charge in [-0.1, -0.05) is 0 Å². The summed E-state index contributed by atoms with van der Waals surface area (Å²) in [5.74, 6) is -1.88. The van der Waals surface area contributed by atoms with Crippen LogP contribution in [0.1, 0.15) is 35.5 Å². The highest BCUT2D eigenvalue weighted by Crippen LogP contribution is 2.44. The average Bonchev–Trinajstić information content (AvgIpc) is 2.71. The zero-order valence-electron chi connectivity index (χ0n) is 16.4. The molecule has 2 heterocycles. The van der Waals surface area contributed by atoms with Crippen molar-refractivity contribution in [1.29, 1.82) is 5.26 Å². The Bertz CT molecular complexity index is 1080. The summed E-state index contributed by atoms with van der Waals surface area (Å²) in [6, 6.07) is 7.69. The number of amidine groups is 1. The van der Waals surface area contributed by atoms with Gasteiger partial charge in [0.05, 0.1) is 5.56 Å². The van der Waals surface area contributed by atoms with Gasteiger partial charge in [-0.3, -0.25) is 9.79 Å². The van der Waals surface area contributed by atoms with Gasteiger partial charge in [-0.15, -0.1) is 0 Å². The van der Waals surface area contributed by atoms with Crippen molar-refractivity contribution in [3.05, 3.63) is 59.2 Å². The second kappa shape index (κ2) is 7.96. The SMILES string of the molecule is C[C@H]1O[C@@H](C(F)(F)F)[C@@](C)(c2cc(NC(=O)c3ccc(C#N)cn3)ccc2F)N=C1N. The maximum Gasteiger partial charge on any atom is 0.417 e. The molecule has 11 heteroatoms. The minimum absolute atomic E-state index is 0.0158. The summed E-state index contributed by atoms with van der Waals surface area (Å²) >= 11 is 0. The van der Waals surface area contributed by atoms with Crippen molar-refractivity contribution in [2.75, 3.05) is 5.32 Å². The Morgan fingerprint density at radius 2 is 2.03 bits per heavy atom. The number of carbonyl (C=O) groups excluding carboxylic acids is 1. The van der Waals surface area contributed by atoms with Gasteiger partial charge in [0.2, 0.25) is 0 Å². The number of alkyl halides is 3. The van der Waals surface area contributed by atoms with E-state index in [1.165, 1.54) is 31.3 Å². The van der Waals surface area contributed by atoms with Crippen molar-refractivity contribution in [3.8, 4) is 6.07 Å². The number of aliphatic imine (C=N–C) groups is 1. The van der Waals surface area contributed by atoms with Crippen molar-refractivity contribution >= 4 is 17.4 Å². The van der Waals surface area contributed by atoms with Gasteiger partial charge in [0.1, 0.15) is 35.1 Å². The second-order valence-corrected chi connectivity index (χ2v) is 7.08. The lowest BCUT2D eigenvalue weighted by atomic mass is 9.84. The first-order chi connectivity index (χ1) is 14.5. The summed E-state index contributed by atoms with van der Waals surface area (Å²) in [7, 11) is 0. The van der Waals surface area contributed by atoms with Crippen LogP contribution in [0.4, 0.5) is 23.2 Å². The summed E-state index contributed by atoms with van der Waals surface area (Å²) in [6.07, 6.45) is -7.22. The van der Waals surface area contributed by atoms with E-state index in [0.29, 0.717) is 0 Å². The van der Waals surface area contributed by atoms with Crippen molar-refractivity contribution < 1.29 is 27.1 Å². The number of halogens is 4. The molecular formula is C20H17F4N5O2. The Hall–Kier alpha value is -3.52. The quantitative estimate of drug-likeness (QED) is 0.719. The molecule has 0 bridgehead atoms. The maximum absolute atomic E-state index is 14.6. The Kier molecular flexibility index (Phi) is 5.69. The number of hydrogen-bond donors (Lipinski definition) is 2. The van der Waals surface area contributed by atoms with E-state index in [4.69, 9.17) is 15.7 Å². The average molecular weight is 435 g/mol. The molecule has 3 N–H and O–H groups in total. The minimum atomic E-state index is -4.86. The summed E-state index contributed by atoms with van der Waals surface area (Å²) in [4.78, 5) is 20.1. The molecule has 2 aromatic rings. The fraction of sp³-hybridized carbons (Fsp3) is 0.300. The largest absolute Gasteiger partial charge is 0.417 e. The third kappa shape index (κ3) is 4.34. The highest BCUT2D eigenvalue weighted by Gasteiger charge is 2.57. The Morgan fingerprint density at radius 1 is 1.32 bits per heavy atom. The molecule has 1 aliphatic rings. The summed E-state index contributed by atoms with van der Waals surface area (Å²) in [6.45, 7) is 2.38. The van der Waals surface area contributed by atoms with E-state index in [0.717, 1.165) is 19.1 Å². The molecule has 3 rings (SSSR count). The zero-order chi connectivity index (χ0) is 23.0. The van der Waals surface area contributed by atoms with Gasteiger partial charge in [0, 0.05) is 17.4 Å². The number of aromatic nitrogens is 1. The van der Waals surface area contributed by atoms with E-state index in [1.54, 1.807) is 0 Å². The number of pyridine rings is 1. The number of benzene rings is 1. The molecule has 0 spiro atoms. The predicted molar refractivity (Wildman–Crippen MR) is 103 cm³/mol. The zero-order valence-corrected chi connectivity index (χ0v) is 16.4. The van der Waals surface area contributed by atoms with Crippen LogP contribution in [0.15, 0.2) is 41.5 Å². The number of carbonyl (C=O) groups is 1. The summed E-state index contributed by atoms with van der Waals surface area (Å²) in [5, 5.41) is 11.2. The first-order valence-corrected chi connectivity index (χ1v) is 9.00. The van der Waals surface area contributed by atoms with Gasteiger partial charge in [0.25, 0.3) is 5.91 Å². The number of amides is 1. The molecule has 1 aliphatic heterocycles. The van der Waals surface area contributed by atoms with E-state index in [9.17, 15) is 22.4 Å². The number of ether oxygens (including phenoxy) is 1. The lowest BCUT2D eigenvalue weighted by molar-refractivity contribution is -0.248. The number of nitrogens with one attached hydrogen (secondary N) is 1. The van der Waals surface area contributed by atoms with Crippen LogP contribution in [-0.4, -0.2) is 35.1 Å². The topological polar surface area (TPSA) is 113 Å². The lowest BCUT2D eigenvalue weighted by Crippen LogP contribution is -2.55. The van der Waals surface area contributed by atoms with E-state index >= 15 is 0 Å². The molecule has 1 amide bonds. The van der Waals surface area contributed by atoms with E-state index in [-0.39, 0.29) is 22.8 Å². The fourth-order valence-electron chi connectivity index (χ4n) is 3.20. The van der Waals surface area contributed by atoms with Crippen molar-refractivity contribution in [1.82, 2.24) is 4.98 Å². The van der Waals surface area contributed by atoms with Crippen LogP contribution in [0.3, 0.4) is 0 Å². The number of nitriles is 1.